The zero-order chi connectivity index (χ0) is 22.0. The number of imidazole rings is 1. The molecule has 0 bridgehead atoms. The van der Waals surface area contributed by atoms with Gasteiger partial charge in [-0.05, 0) is 37.6 Å². The van der Waals surface area contributed by atoms with Crippen LogP contribution in [0.3, 0.4) is 0 Å². The normalized spacial score (nSPS) is 11.4. The molecule has 0 fully saturated rings. The number of esters is 1. The molecule has 30 heavy (non-hydrogen) atoms. The number of rotatable bonds is 6. The number of carbonyl (C=O) groups is 1. The molecular formula is C21H24N4O5. The maximum atomic E-state index is 12.8. The number of aromatic nitrogens is 4. The van der Waals surface area contributed by atoms with Crippen LogP contribution in [-0.2, 0) is 24.9 Å². The van der Waals surface area contributed by atoms with Gasteiger partial charge in [0.1, 0.15) is 5.82 Å². The van der Waals surface area contributed by atoms with Crippen LogP contribution >= 0.6 is 0 Å². The second-order valence-corrected chi connectivity index (χ2v) is 6.61. The SMILES string of the molecule is CCn1c(=O)c2c(nc(/C=C/c3ccc(OC)c(OC(C)=O)c3)n2C)n(CC)c1=O. The van der Waals surface area contributed by atoms with Gasteiger partial charge in [0.15, 0.2) is 22.7 Å². The Hall–Kier alpha value is -3.62. The van der Waals surface area contributed by atoms with Crippen molar-refractivity contribution in [3.63, 3.8) is 0 Å². The molecule has 0 saturated heterocycles. The van der Waals surface area contributed by atoms with Gasteiger partial charge in [0.05, 0.1) is 7.11 Å². The first-order valence-electron chi connectivity index (χ1n) is 9.56. The van der Waals surface area contributed by atoms with Crippen molar-refractivity contribution in [1.29, 1.82) is 0 Å². The van der Waals surface area contributed by atoms with Crippen LogP contribution in [0.5, 0.6) is 11.5 Å². The molecule has 2 heterocycles. The minimum Gasteiger partial charge on any atom is -0.493 e. The second kappa shape index (κ2) is 8.40. The van der Waals surface area contributed by atoms with Crippen molar-refractivity contribution in [1.82, 2.24) is 18.7 Å². The van der Waals surface area contributed by atoms with Gasteiger partial charge < -0.3 is 14.0 Å². The minimum atomic E-state index is -0.450. The molecule has 0 N–H and O–H groups in total. The monoisotopic (exact) mass is 412 g/mol. The van der Waals surface area contributed by atoms with Gasteiger partial charge in [0.25, 0.3) is 5.56 Å². The number of carbonyl (C=O) groups excluding carboxylic acids is 1. The highest BCUT2D eigenvalue weighted by molar-refractivity contribution is 5.77. The van der Waals surface area contributed by atoms with Crippen molar-refractivity contribution in [2.75, 3.05) is 7.11 Å². The number of nitrogens with zero attached hydrogens (tertiary/aromatic N) is 4. The summed E-state index contributed by atoms with van der Waals surface area (Å²) in [6.07, 6.45) is 3.51. The fourth-order valence-electron chi connectivity index (χ4n) is 3.29. The summed E-state index contributed by atoms with van der Waals surface area (Å²) in [6.45, 7) is 5.60. The number of fused-ring (bicyclic) bond motifs is 1. The van der Waals surface area contributed by atoms with Crippen LogP contribution in [0.1, 0.15) is 32.2 Å². The van der Waals surface area contributed by atoms with E-state index in [0.717, 1.165) is 5.56 Å². The van der Waals surface area contributed by atoms with Gasteiger partial charge in [-0.15, -0.1) is 0 Å². The van der Waals surface area contributed by atoms with Gasteiger partial charge in [-0.1, -0.05) is 12.1 Å². The van der Waals surface area contributed by atoms with Crippen molar-refractivity contribution in [3.05, 3.63) is 50.4 Å². The predicted molar refractivity (Wildman–Crippen MR) is 114 cm³/mol. The highest BCUT2D eigenvalue weighted by atomic mass is 16.6. The van der Waals surface area contributed by atoms with E-state index in [9.17, 15) is 14.4 Å². The molecule has 0 saturated carbocycles. The smallest absolute Gasteiger partial charge is 0.332 e. The quantitative estimate of drug-likeness (QED) is 0.454. The lowest BCUT2D eigenvalue weighted by atomic mass is 10.2. The highest BCUT2D eigenvalue weighted by Crippen LogP contribution is 2.29. The molecule has 1 aromatic carbocycles. The van der Waals surface area contributed by atoms with E-state index >= 15 is 0 Å². The zero-order valence-electron chi connectivity index (χ0n) is 17.6. The van der Waals surface area contributed by atoms with Gasteiger partial charge in [-0.3, -0.25) is 18.7 Å². The molecule has 0 aliphatic rings. The van der Waals surface area contributed by atoms with E-state index < -0.39 is 5.97 Å². The fraction of sp³-hybridized carbons (Fsp3) is 0.333. The highest BCUT2D eigenvalue weighted by Gasteiger charge is 2.17. The first kappa shape index (κ1) is 21.1. The van der Waals surface area contributed by atoms with Crippen LogP contribution in [0.15, 0.2) is 27.8 Å². The maximum Gasteiger partial charge on any atom is 0.332 e. The van der Waals surface area contributed by atoms with Crippen LogP contribution < -0.4 is 20.7 Å². The van der Waals surface area contributed by atoms with E-state index in [4.69, 9.17) is 9.47 Å². The van der Waals surface area contributed by atoms with Crippen LogP contribution in [0.4, 0.5) is 0 Å². The Morgan fingerprint density at radius 2 is 1.80 bits per heavy atom. The number of ether oxygens (including phenoxy) is 2. The molecule has 2 aromatic heterocycles. The summed E-state index contributed by atoms with van der Waals surface area (Å²) in [6, 6.07) is 5.17. The van der Waals surface area contributed by atoms with Crippen LogP contribution in [0.2, 0.25) is 0 Å². The van der Waals surface area contributed by atoms with E-state index in [-0.39, 0.29) is 17.8 Å². The molecular weight excluding hydrogens is 388 g/mol. The van der Waals surface area contributed by atoms with Crippen molar-refractivity contribution < 1.29 is 14.3 Å². The molecule has 0 aliphatic carbocycles. The first-order valence-corrected chi connectivity index (χ1v) is 9.56. The Kier molecular flexibility index (Phi) is 5.91. The average molecular weight is 412 g/mol. The standard InChI is InChI=1S/C21H24N4O5/c1-6-24-19-18(20(27)25(7-2)21(24)28)23(4)17(22-19)11-9-14-8-10-15(29-5)16(12-14)30-13(3)26/h8-12H,6-7H2,1-5H3/b11-9+. The van der Waals surface area contributed by atoms with E-state index in [1.807, 2.05) is 6.92 Å². The predicted octanol–water partition coefficient (Wildman–Crippen LogP) is 2.04. The summed E-state index contributed by atoms with van der Waals surface area (Å²) in [7, 11) is 3.23. The molecule has 9 heteroatoms. The van der Waals surface area contributed by atoms with E-state index in [1.165, 1.54) is 23.2 Å². The lowest BCUT2D eigenvalue weighted by Gasteiger charge is -2.08. The Bertz CT molecular complexity index is 1260. The molecule has 3 rings (SSSR count). The number of hydrogen-bond donors (Lipinski definition) is 0. The number of hydrogen-bond acceptors (Lipinski definition) is 6. The Labute approximate surface area is 172 Å². The van der Waals surface area contributed by atoms with Gasteiger partial charge in [-0.25, -0.2) is 9.78 Å². The third kappa shape index (κ3) is 3.66. The van der Waals surface area contributed by atoms with Crippen LogP contribution in [0.25, 0.3) is 23.3 Å². The van der Waals surface area contributed by atoms with Gasteiger partial charge >= 0.3 is 11.7 Å². The fourth-order valence-corrected chi connectivity index (χ4v) is 3.29. The first-order chi connectivity index (χ1) is 14.3. The van der Waals surface area contributed by atoms with Crippen LogP contribution in [0, 0.1) is 0 Å². The molecule has 0 radical (unpaired) electrons. The lowest BCUT2D eigenvalue weighted by Crippen LogP contribution is -2.39. The second-order valence-electron chi connectivity index (χ2n) is 6.61. The molecule has 3 aromatic rings. The third-order valence-electron chi connectivity index (χ3n) is 4.78. The molecule has 0 aliphatic heterocycles. The van der Waals surface area contributed by atoms with E-state index in [0.29, 0.717) is 35.0 Å². The van der Waals surface area contributed by atoms with E-state index in [2.05, 4.69) is 4.98 Å². The third-order valence-corrected chi connectivity index (χ3v) is 4.78. The topological polar surface area (TPSA) is 97.4 Å². The number of methoxy groups -OCH3 is 1. The van der Waals surface area contributed by atoms with Gasteiger partial charge in [-0.2, -0.15) is 0 Å². The molecule has 0 unspecified atom stereocenters. The Balaban J connectivity index is 2.11. The number of aryl methyl sites for hydroxylation is 2. The van der Waals surface area contributed by atoms with Gasteiger partial charge in [0, 0.05) is 27.1 Å². The summed E-state index contributed by atoms with van der Waals surface area (Å²) >= 11 is 0. The molecule has 9 nitrogen and oxygen atoms in total. The zero-order valence-corrected chi connectivity index (χ0v) is 17.6. The summed E-state index contributed by atoms with van der Waals surface area (Å²) in [5, 5.41) is 0. The van der Waals surface area contributed by atoms with Crippen LogP contribution in [-0.4, -0.2) is 31.8 Å². The van der Waals surface area contributed by atoms with Crippen molar-refractivity contribution in [2.45, 2.75) is 33.9 Å². The van der Waals surface area contributed by atoms with E-state index in [1.54, 1.807) is 48.9 Å². The lowest BCUT2D eigenvalue weighted by molar-refractivity contribution is -0.132. The summed E-state index contributed by atoms with van der Waals surface area (Å²) in [4.78, 5) is 41.2. The minimum absolute atomic E-state index is 0.286. The molecule has 0 amide bonds. The summed E-state index contributed by atoms with van der Waals surface area (Å²) in [5.41, 5.74) is 0.742. The van der Waals surface area contributed by atoms with Crippen molar-refractivity contribution in [3.8, 4) is 11.5 Å². The molecule has 158 valence electrons. The van der Waals surface area contributed by atoms with Crippen molar-refractivity contribution >= 4 is 29.3 Å². The average Bonchev–Trinajstić information content (AvgIpc) is 3.03. The maximum absolute atomic E-state index is 12.8. The summed E-state index contributed by atoms with van der Waals surface area (Å²) < 4.78 is 14.8. The van der Waals surface area contributed by atoms with Crippen molar-refractivity contribution in [2.24, 2.45) is 7.05 Å². The number of benzene rings is 1. The summed E-state index contributed by atoms with van der Waals surface area (Å²) in [5.74, 6) is 0.817. The molecule has 0 atom stereocenters. The molecule has 0 spiro atoms. The Morgan fingerprint density at radius 1 is 1.10 bits per heavy atom. The van der Waals surface area contributed by atoms with Gasteiger partial charge in [0.2, 0.25) is 0 Å². The Morgan fingerprint density at radius 3 is 2.40 bits per heavy atom. The largest absolute Gasteiger partial charge is 0.493 e.